The number of ether oxygens (including phenoxy) is 1. The van der Waals surface area contributed by atoms with E-state index in [1.54, 1.807) is 23.2 Å². The lowest BCUT2D eigenvalue weighted by molar-refractivity contribution is -0.163. The summed E-state index contributed by atoms with van der Waals surface area (Å²) in [6, 6.07) is 2.92. The Labute approximate surface area is 131 Å². The number of amides is 1. The Kier molecular flexibility index (Phi) is 4.84. The number of aromatic nitrogens is 1. The summed E-state index contributed by atoms with van der Waals surface area (Å²) in [7, 11) is 0. The quantitative estimate of drug-likeness (QED) is 0.788. The normalized spacial score (nSPS) is 22.3. The minimum atomic E-state index is -0.558. The average molecular weight is 304 g/mol. The van der Waals surface area contributed by atoms with Crippen molar-refractivity contribution in [1.29, 1.82) is 0 Å². The number of pyridine rings is 1. The molecule has 0 aliphatic carbocycles. The van der Waals surface area contributed by atoms with E-state index in [0.29, 0.717) is 12.1 Å². The zero-order valence-electron chi connectivity index (χ0n) is 13.7. The van der Waals surface area contributed by atoms with Crippen LogP contribution in [0.15, 0.2) is 24.5 Å². The molecule has 2 unspecified atom stereocenters. The first-order valence-electron chi connectivity index (χ1n) is 7.73. The highest BCUT2D eigenvalue weighted by molar-refractivity contribution is 5.96. The number of piperidine rings is 1. The van der Waals surface area contributed by atoms with E-state index in [0.717, 1.165) is 12.8 Å². The number of rotatable bonds is 2. The number of carbonyl (C=O) groups is 2. The summed E-state index contributed by atoms with van der Waals surface area (Å²) < 4.78 is 5.52. The van der Waals surface area contributed by atoms with Crippen molar-refractivity contribution in [3.63, 3.8) is 0 Å². The Balaban J connectivity index is 2.23. The molecule has 1 aliphatic heterocycles. The van der Waals surface area contributed by atoms with E-state index in [1.807, 2.05) is 27.7 Å². The van der Waals surface area contributed by atoms with Gasteiger partial charge in [-0.3, -0.25) is 9.78 Å². The Morgan fingerprint density at radius 2 is 2.09 bits per heavy atom. The summed E-state index contributed by atoms with van der Waals surface area (Å²) >= 11 is 0. The fourth-order valence-corrected chi connectivity index (χ4v) is 2.79. The third-order valence-corrected chi connectivity index (χ3v) is 3.75. The van der Waals surface area contributed by atoms with E-state index in [1.165, 1.54) is 6.20 Å². The Morgan fingerprint density at radius 1 is 1.36 bits per heavy atom. The molecule has 0 saturated carbocycles. The summed E-state index contributed by atoms with van der Waals surface area (Å²) in [4.78, 5) is 30.9. The molecule has 0 radical (unpaired) electrons. The largest absolute Gasteiger partial charge is 0.458 e. The van der Waals surface area contributed by atoms with E-state index in [2.05, 4.69) is 4.98 Å². The van der Waals surface area contributed by atoms with Crippen LogP contribution in [0.2, 0.25) is 0 Å². The van der Waals surface area contributed by atoms with Crippen LogP contribution in [0, 0.1) is 5.92 Å². The molecule has 0 aromatic carbocycles. The van der Waals surface area contributed by atoms with Crippen LogP contribution >= 0.6 is 0 Å². The third-order valence-electron chi connectivity index (χ3n) is 3.75. The van der Waals surface area contributed by atoms with Crippen LogP contribution in [0.1, 0.15) is 50.9 Å². The molecule has 1 fully saturated rings. The third kappa shape index (κ3) is 3.84. The van der Waals surface area contributed by atoms with Gasteiger partial charge in [0, 0.05) is 18.9 Å². The molecule has 1 aliphatic rings. The van der Waals surface area contributed by atoms with Crippen LogP contribution in [-0.2, 0) is 9.53 Å². The molecular formula is C17H24N2O3. The molecule has 2 heterocycles. The molecule has 0 spiro atoms. The molecule has 5 nitrogen and oxygen atoms in total. The predicted molar refractivity (Wildman–Crippen MR) is 83.3 cm³/mol. The van der Waals surface area contributed by atoms with Crippen molar-refractivity contribution in [2.24, 2.45) is 5.92 Å². The summed E-state index contributed by atoms with van der Waals surface area (Å²) in [5.41, 5.74) is -0.0535. The standard InChI is InChI=1S/C17H24N2O3/c1-12-7-6-10-19(14(12)16(21)22-17(2,3)4)15(20)13-8-5-9-18-11-13/h5,8-9,11-12,14H,6-7,10H2,1-4H3. The van der Waals surface area contributed by atoms with Crippen LogP contribution in [0.25, 0.3) is 0 Å². The molecule has 22 heavy (non-hydrogen) atoms. The van der Waals surface area contributed by atoms with Crippen molar-refractivity contribution in [1.82, 2.24) is 9.88 Å². The molecule has 1 amide bonds. The second kappa shape index (κ2) is 6.46. The minimum absolute atomic E-state index is 0.0872. The highest BCUT2D eigenvalue weighted by Gasteiger charge is 2.39. The van der Waals surface area contributed by atoms with Crippen molar-refractivity contribution in [2.75, 3.05) is 6.54 Å². The molecule has 1 aromatic heterocycles. The first-order chi connectivity index (χ1) is 10.3. The van der Waals surface area contributed by atoms with Crippen molar-refractivity contribution >= 4 is 11.9 Å². The summed E-state index contributed by atoms with van der Waals surface area (Å²) in [6.07, 6.45) is 4.97. The smallest absolute Gasteiger partial charge is 0.329 e. The minimum Gasteiger partial charge on any atom is -0.458 e. The molecule has 1 aromatic rings. The van der Waals surface area contributed by atoms with E-state index >= 15 is 0 Å². The Hall–Kier alpha value is -1.91. The Morgan fingerprint density at radius 3 is 2.68 bits per heavy atom. The van der Waals surface area contributed by atoms with Crippen LogP contribution in [0.5, 0.6) is 0 Å². The molecule has 1 saturated heterocycles. The second-order valence-corrected chi connectivity index (χ2v) is 6.84. The van der Waals surface area contributed by atoms with Gasteiger partial charge in [0.25, 0.3) is 5.91 Å². The molecule has 0 N–H and O–H groups in total. The van der Waals surface area contributed by atoms with E-state index in [4.69, 9.17) is 4.74 Å². The number of carbonyl (C=O) groups excluding carboxylic acids is 2. The lowest BCUT2D eigenvalue weighted by atomic mass is 9.90. The van der Waals surface area contributed by atoms with Gasteiger partial charge in [-0.05, 0) is 51.7 Å². The fraction of sp³-hybridized carbons (Fsp3) is 0.588. The van der Waals surface area contributed by atoms with E-state index < -0.39 is 11.6 Å². The van der Waals surface area contributed by atoms with Crippen LogP contribution in [0.4, 0.5) is 0 Å². The van der Waals surface area contributed by atoms with Gasteiger partial charge in [-0.25, -0.2) is 4.79 Å². The number of hydrogen-bond acceptors (Lipinski definition) is 4. The fourth-order valence-electron chi connectivity index (χ4n) is 2.79. The zero-order chi connectivity index (χ0) is 16.3. The first-order valence-corrected chi connectivity index (χ1v) is 7.73. The highest BCUT2D eigenvalue weighted by atomic mass is 16.6. The summed E-state index contributed by atoms with van der Waals surface area (Å²) in [6.45, 7) is 8.09. The maximum Gasteiger partial charge on any atom is 0.329 e. The lowest BCUT2D eigenvalue weighted by Gasteiger charge is -2.39. The topological polar surface area (TPSA) is 59.5 Å². The van der Waals surface area contributed by atoms with Gasteiger partial charge in [0.2, 0.25) is 0 Å². The van der Waals surface area contributed by atoms with E-state index in [-0.39, 0.29) is 17.8 Å². The number of likely N-dealkylation sites (tertiary alicyclic amines) is 1. The lowest BCUT2D eigenvalue weighted by Crippen LogP contribution is -2.53. The van der Waals surface area contributed by atoms with Gasteiger partial charge in [-0.15, -0.1) is 0 Å². The SMILES string of the molecule is CC1CCCN(C(=O)c2cccnc2)C1C(=O)OC(C)(C)C. The van der Waals surface area contributed by atoms with Crippen molar-refractivity contribution in [2.45, 2.75) is 52.2 Å². The summed E-state index contributed by atoms with van der Waals surface area (Å²) in [5, 5.41) is 0. The van der Waals surface area contributed by atoms with Gasteiger partial charge in [0.15, 0.2) is 0 Å². The highest BCUT2D eigenvalue weighted by Crippen LogP contribution is 2.27. The van der Waals surface area contributed by atoms with Gasteiger partial charge in [0.1, 0.15) is 11.6 Å². The number of hydrogen-bond donors (Lipinski definition) is 0. The molecule has 5 heteroatoms. The van der Waals surface area contributed by atoms with Crippen molar-refractivity contribution in [3.05, 3.63) is 30.1 Å². The first kappa shape index (κ1) is 16.5. The Bertz CT molecular complexity index is 537. The van der Waals surface area contributed by atoms with Gasteiger partial charge < -0.3 is 9.64 Å². The van der Waals surface area contributed by atoms with E-state index in [9.17, 15) is 9.59 Å². The maximum absolute atomic E-state index is 12.7. The van der Waals surface area contributed by atoms with Crippen LogP contribution in [-0.4, -0.2) is 39.9 Å². The number of nitrogens with zero attached hydrogens (tertiary/aromatic N) is 2. The number of esters is 1. The second-order valence-electron chi connectivity index (χ2n) is 6.84. The van der Waals surface area contributed by atoms with Gasteiger partial charge in [-0.2, -0.15) is 0 Å². The van der Waals surface area contributed by atoms with Gasteiger partial charge in [0.05, 0.1) is 5.56 Å². The van der Waals surface area contributed by atoms with Crippen LogP contribution in [0.3, 0.4) is 0 Å². The zero-order valence-corrected chi connectivity index (χ0v) is 13.7. The predicted octanol–water partition coefficient (Wildman–Crippen LogP) is 2.66. The van der Waals surface area contributed by atoms with Gasteiger partial charge in [-0.1, -0.05) is 6.92 Å². The van der Waals surface area contributed by atoms with Crippen LogP contribution < -0.4 is 0 Å². The van der Waals surface area contributed by atoms with Crippen molar-refractivity contribution < 1.29 is 14.3 Å². The monoisotopic (exact) mass is 304 g/mol. The molecule has 2 rings (SSSR count). The van der Waals surface area contributed by atoms with Gasteiger partial charge >= 0.3 is 5.97 Å². The summed E-state index contributed by atoms with van der Waals surface area (Å²) in [5.74, 6) is -0.392. The molecule has 2 atom stereocenters. The molecular weight excluding hydrogens is 280 g/mol. The molecule has 0 bridgehead atoms. The average Bonchev–Trinajstić information content (AvgIpc) is 2.45. The molecule has 120 valence electrons. The van der Waals surface area contributed by atoms with Crippen molar-refractivity contribution in [3.8, 4) is 0 Å². The maximum atomic E-state index is 12.7.